The zero-order valence-electron chi connectivity index (χ0n) is 14.9. The molecule has 0 aliphatic heterocycles. The molecule has 4 nitrogen and oxygen atoms in total. The predicted octanol–water partition coefficient (Wildman–Crippen LogP) is 1.89. The molecule has 142 valence electrons. The lowest BCUT2D eigenvalue weighted by Gasteiger charge is -2.18. The average molecular weight is 381 g/mol. The quantitative estimate of drug-likeness (QED) is 0.640. The van der Waals surface area contributed by atoms with Crippen LogP contribution < -0.4 is 16.7 Å². The van der Waals surface area contributed by atoms with E-state index in [1.807, 2.05) is 0 Å². The van der Waals surface area contributed by atoms with Gasteiger partial charge in [0.05, 0.1) is 0 Å². The van der Waals surface area contributed by atoms with Gasteiger partial charge < -0.3 is 15.5 Å². The van der Waals surface area contributed by atoms with Crippen molar-refractivity contribution in [2.75, 3.05) is 0 Å². The molecule has 3 N–H and O–H groups in total. The third-order valence-electron chi connectivity index (χ3n) is 4.27. The maximum Gasteiger partial charge on any atom is 0.429 e. The van der Waals surface area contributed by atoms with Crippen LogP contribution >= 0.6 is 0 Å². The van der Waals surface area contributed by atoms with E-state index in [-0.39, 0.29) is 12.2 Å². The van der Waals surface area contributed by atoms with E-state index in [0.717, 1.165) is 5.56 Å². The maximum absolute atomic E-state index is 13.3. The molecule has 0 spiro atoms. The van der Waals surface area contributed by atoms with Crippen LogP contribution in [0.1, 0.15) is 5.56 Å². The molecule has 3 aromatic carbocycles. The second kappa shape index (κ2) is 8.67. The minimum Gasteiger partial charge on any atom is -0.525 e. The highest BCUT2D eigenvalue weighted by atomic mass is 19.1. The van der Waals surface area contributed by atoms with Crippen LogP contribution in [0.15, 0.2) is 72.8 Å². The molecule has 0 amide bonds. The minimum atomic E-state index is -0.937. The first kappa shape index (κ1) is 19.6. The number of benzene rings is 3. The number of carbonyl (C=O) groups excluding carboxylic acids is 1. The largest absolute Gasteiger partial charge is 0.525 e. The second-order valence-electron chi connectivity index (χ2n) is 6.40. The van der Waals surface area contributed by atoms with E-state index in [2.05, 4.69) is 0 Å². The fourth-order valence-corrected chi connectivity index (χ4v) is 2.78. The number of carbonyl (C=O) groups is 1. The van der Waals surface area contributed by atoms with Gasteiger partial charge in [-0.3, -0.25) is 4.79 Å². The van der Waals surface area contributed by atoms with E-state index >= 15 is 0 Å². The Bertz CT molecular complexity index is 886. The fourth-order valence-electron chi connectivity index (χ4n) is 2.78. The summed E-state index contributed by atoms with van der Waals surface area (Å²) in [5, 5.41) is 9.33. The zero-order chi connectivity index (χ0) is 20.1. The first-order valence-electron chi connectivity index (χ1n) is 8.67. The lowest BCUT2D eigenvalue weighted by molar-refractivity contribution is -0.135. The summed E-state index contributed by atoms with van der Waals surface area (Å²) < 4.78 is 32.1. The van der Waals surface area contributed by atoms with Crippen LogP contribution in [0.4, 0.5) is 8.78 Å². The maximum atomic E-state index is 13.3. The Morgan fingerprint density at radius 1 is 0.893 bits per heavy atom. The Morgan fingerprint density at radius 3 is 1.82 bits per heavy atom. The molecule has 3 rings (SSSR count). The number of rotatable bonds is 6. The van der Waals surface area contributed by atoms with Gasteiger partial charge in [-0.05, 0) is 59.3 Å². The summed E-state index contributed by atoms with van der Waals surface area (Å²) >= 11 is 0. The molecule has 0 radical (unpaired) electrons. The molecule has 0 aliphatic rings. The van der Waals surface area contributed by atoms with Crippen LogP contribution in [0.3, 0.4) is 0 Å². The summed E-state index contributed by atoms with van der Waals surface area (Å²) in [6.45, 7) is -0.848. The van der Waals surface area contributed by atoms with E-state index in [1.165, 1.54) is 60.7 Å². The van der Waals surface area contributed by atoms with Crippen molar-refractivity contribution >= 4 is 23.8 Å². The molecule has 28 heavy (non-hydrogen) atoms. The molecule has 0 aliphatic carbocycles. The van der Waals surface area contributed by atoms with Gasteiger partial charge in [-0.2, -0.15) is 0 Å². The normalized spacial score (nSPS) is 11.7. The topological polar surface area (TPSA) is 72.5 Å². The van der Waals surface area contributed by atoms with Crippen LogP contribution in [0.2, 0.25) is 0 Å². The first-order valence-corrected chi connectivity index (χ1v) is 8.67. The Balaban J connectivity index is 1.79. The van der Waals surface area contributed by atoms with Gasteiger partial charge >= 0.3 is 12.9 Å². The number of aromatic hydroxyl groups is 1. The standard InChI is InChI=1S/C21H18BF2NO3/c23-17-7-3-15(4-8-17)22(16-5-9-18(24)10-6-16)28-21(27)20(25)13-14-1-11-19(26)12-2-14/h1-12,20,26H,13,25H2/t20-/m0/s1. The third kappa shape index (κ3) is 4.95. The molecule has 1 atom stereocenters. The Labute approximate surface area is 161 Å². The number of phenolic OH excluding ortho intramolecular Hbond substituents is 1. The van der Waals surface area contributed by atoms with E-state index < -0.39 is 30.6 Å². The molecule has 0 unspecified atom stereocenters. The molecule has 0 heterocycles. The molecule has 3 aromatic rings. The van der Waals surface area contributed by atoms with Gasteiger partial charge in [-0.25, -0.2) is 8.78 Å². The van der Waals surface area contributed by atoms with Gasteiger partial charge in [-0.15, -0.1) is 0 Å². The Hall–Kier alpha value is -3.19. The van der Waals surface area contributed by atoms with Crippen LogP contribution in [-0.2, 0) is 15.9 Å². The van der Waals surface area contributed by atoms with Crippen molar-refractivity contribution in [1.82, 2.24) is 0 Å². The van der Waals surface area contributed by atoms with Crippen molar-refractivity contribution in [2.45, 2.75) is 12.5 Å². The highest BCUT2D eigenvalue weighted by Gasteiger charge is 2.28. The highest BCUT2D eigenvalue weighted by molar-refractivity contribution is 6.81. The molecule has 0 bridgehead atoms. The van der Waals surface area contributed by atoms with Crippen molar-refractivity contribution in [2.24, 2.45) is 5.73 Å². The van der Waals surface area contributed by atoms with Gasteiger partial charge in [0, 0.05) is 0 Å². The van der Waals surface area contributed by atoms with Crippen molar-refractivity contribution in [1.29, 1.82) is 0 Å². The first-order chi connectivity index (χ1) is 13.4. The van der Waals surface area contributed by atoms with Gasteiger partial charge in [0.25, 0.3) is 0 Å². The molecule has 0 saturated carbocycles. The summed E-state index contributed by atoms with van der Waals surface area (Å²) in [6.07, 6.45) is 0.221. The van der Waals surface area contributed by atoms with Gasteiger partial charge in [0.2, 0.25) is 0 Å². The number of hydrogen-bond acceptors (Lipinski definition) is 4. The molecule has 0 fully saturated rings. The number of halogens is 2. The zero-order valence-corrected chi connectivity index (χ0v) is 14.9. The van der Waals surface area contributed by atoms with E-state index in [9.17, 15) is 18.7 Å². The average Bonchev–Trinajstić information content (AvgIpc) is 2.69. The van der Waals surface area contributed by atoms with Crippen LogP contribution in [0.25, 0.3) is 0 Å². The Morgan fingerprint density at radius 2 is 1.36 bits per heavy atom. The van der Waals surface area contributed by atoms with Gasteiger partial charge in [0.1, 0.15) is 23.4 Å². The number of nitrogens with two attached hydrogens (primary N) is 1. The smallest absolute Gasteiger partial charge is 0.429 e. The highest BCUT2D eigenvalue weighted by Crippen LogP contribution is 2.11. The number of phenols is 1. The monoisotopic (exact) mass is 381 g/mol. The minimum absolute atomic E-state index is 0.118. The molecular formula is C21H18BF2NO3. The summed E-state index contributed by atoms with van der Waals surface area (Å²) in [4.78, 5) is 12.6. The van der Waals surface area contributed by atoms with Gasteiger partial charge in [0.15, 0.2) is 0 Å². The second-order valence-corrected chi connectivity index (χ2v) is 6.40. The van der Waals surface area contributed by atoms with E-state index in [4.69, 9.17) is 10.4 Å². The van der Waals surface area contributed by atoms with E-state index in [1.54, 1.807) is 12.1 Å². The SMILES string of the molecule is N[C@@H](Cc1ccc(O)cc1)C(=O)OB(c1ccc(F)cc1)c1ccc(F)cc1. The lowest BCUT2D eigenvalue weighted by atomic mass is 9.55. The summed E-state index contributed by atoms with van der Waals surface area (Å²) in [6, 6.07) is 16.5. The lowest BCUT2D eigenvalue weighted by Crippen LogP contribution is -2.49. The third-order valence-corrected chi connectivity index (χ3v) is 4.27. The fraction of sp³-hybridized carbons (Fsp3) is 0.0952. The molecule has 0 aromatic heterocycles. The van der Waals surface area contributed by atoms with Crippen LogP contribution in [0, 0.1) is 11.6 Å². The predicted molar refractivity (Wildman–Crippen MR) is 104 cm³/mol. The molecule has 0 saturated heterocycles. The van der Waals surface area contributed by atoms with Crippen LogP contribution in [0.5, 0.6) is 5.75 Å². The summed E-state index contributed by atoms with van der Waals surface area (Å²) in [7, 11) is 0. The summed E-state index contributed by atoms with van der Waals surface area (Å²) in [5.41, 5.74) is 7.83. The molecular weight excluding hydrogens is 363 g/mol. The van der Waals surface area contributed by atoms with Crippen molar-refractivity contribution < 1.29 is 23.3 Å². The van der Waals surface area contributed by atoms with E-state index in [0.29, 0.717) is 10.9 Å². The van der Waals surface area contributed by atoms with Gasteiger partial charge in [-0.1, -0.05) is 36.4 Å². The van der Waals surface area contributed by atoms with Crippen molar-refractivity contribution in [3.63, 3.8) is 0 Å². The molecule has 7 heteroatoms. The number of hydrogen-bond donors (Lipinski definition) is 2. The van der Waals surface area contributed by atoms with Crippen molar-refractivity contribution in [3.05, 3.63) is 90.0 Å². The Kier molecular flexibility index (Phi) is 6.06. The van der Waals surface area contributed by atoms with Crippen LogP contribution in [-0.4, -0.2) is 24.0 Å². The van der Waals surface area contributed by atoms with Crippen molar-refractivity contribution in [3.8, 4) is 5.75 Å². The summed E-state index contributed by atoms with van der Waals surface area (Å²) in [5.74, 6) is -1.37.